The third-order valence-corrected chi connectivity index (χ3v) is 3.74. The first-order valence-corrected chi connectivity index (χ1v) is 7.04. The summed E-state index contributed by atoms with van der Waals surface area (Å²) in [5.74, 6) is 0.934. The third-order valence-electron chi connectivity index (χ3n) is 2.84. The number of anilines is 1. The van der Waals surface area contributed by atoms with Crippen molar-refractivity contribution >= 4 is 39.4 Å². The van der Waals surface area contributed by atoms with Crippen molar-refractivity contribution in [3.63, 3.8) is 0 Å². The first-order chi connectivity index (χ1) is 9.33. The maximum absolute atomic E-state index is 11.9. The fourth-order valence-corrected chi connectivity index (χ4v) is 2.72. The Morgan fingerprint density at radius 2 is 1.95 bits per heavy atom. The second kappa shape index (κ2) is 5.32. The summed E-state index contributed by atoms with van der Waals surface area (Å²) in [4.78, 5) is 16.1. The lowest BCUT2D eigenvalue weighted by Crippen LogP contribution is -2.31. The van der Waals surface area contributed by atoms with Crippen molar-refractivity contribution in [1.82, 2.24) is 5.32 Å². The Morgan fingerprint density at radius 1 is 1.11 bits per heavy atom. The number of thioether (sulfide) groups is 1. The van der Waals surface area contributed by atoms with E-state index in [9.17, 15) is 4.79 Å². The minimum atomic E-state index is -0.246. The monoisotopic (exact) mass is 271 g/mol. The van der Waals surface area contributed by atoms with E-state index >= 15 is 0 Å². The average molecular weight is 271 g/mol. The third kappa shape index (κ3) is 2.71. The Kier molecular flexibility index (Phi) is 3.37. The number of urea groups is 1. The van der Waals surface area contributed by atoms with Gasteiger partial charge in [-0.2, -0.15) is 0 Å². The van der Waals surface area contributed by atoms with E-state index in [0.29, 0.717) is 5.17 Å². The van der Waals surface area contributed by atoms with Crippen LogP contribution in [-0.4, -0.2) is 23.5 Å². The predicted octanol–water partition coefficient (Wildman–Crippen LogP) is 3.06. The predicted molar refractivity (Wildman–Crippen MR) is 80.9 cm³/mol. The number of aliphatic imine (C=N–C) groups is 1. The van der Waals surface area contributed by atoms with E-state index in [0.717, 1.165) is 28.8 Å². The van der Waals surface area contributed by atoms with Crippen LogP contribution in [0.3, 0.4) is 0 Å². The highest BCUT2D eigenvalue weighted by molar-refractivity contribution is 8.14. The lowest BCUT2D eigenvalue weighted by atomic mass is 10.1. The zero-order chi connectivity index (χ0) is 13.1. The molecule has 1 aliphatic rings. The molecule has 3 rings (SSSR count). The van der Waals surface area contributed by atoms with E-state index in [4.69, 9.17) is 0 Å². The summed E-state index contributed by atoms with van der Waals surface area (Å²) in [6, 6.07) is 13.6. The van der Waals surface area contributed by atoms with Gasteiger partial charge in [0.1, 0.15) is 0 Å². The quantitative estimate of drug-likeness (QED) is 0.837. The number of nitrogens with zero attached hydrogens (tertiary/aromatic N) is 1. The number of rotatable bonds is 1. The number of benzene rings is 2. The first-order valence-electron chi connectivity index (χ1n) is 6.06. The first kappa shape index (κ1) is 12.0. The molecule has 0 saturated carbocycles. The average Bonchev–Trinajstić information content (AvgIpc) is 2.92. The van der Waals surface area contributed by atoms with Gasteiger partial charge in [0, 0.05) is 11.1 Å². The van der Waals surface area contributed by atoms with E-state index in [1.165, 1.54) is 0 Å². The van der Waals surface area contributed by atoms with E-state index in [-0.39, 0.29) is 6.03 Å². The molecule has 0 radical (unpaired) electrons. The Morgan fingerprint density at radius 3 is 2.79 bits per heavy atom. The van der Waals surface area contributed by atoms with Crippen molar-refractivity contribution in [3.05, 3.63) is 42.5 Å². The molecule has 0 fully saturated rings. The second-order valence-electron chi connectivity index (χ2n) is 4.14. The smallest absolute Gasteiger partial charge is 0.307 e. The Hall–Kier alpha value is -2.01. The molecular formula is C14H13N3OS. The molecule has 2 aromatic rings. The SMILES string of the molecule is O=C(NC1=NCCS1)Nc1cccc2ccccc12. The van der Waals surface area contributed by atoms with Gasteiger partial charge in [-0.1, -0.05) is 48.2 Å². The summed E-state index contributed by atoms with van der Waals surface area (Å²) < 4.78 is 0. The van der Waals surface area contributed by atoms with Crippen LogP contribution in [-0.2, 0) is 0 Å². The minimum absolute atomic E-state index is 0.246. The van der Waals surface area contributed by atoms with E-state index in [1.54, 1.807) is 11.8 Å². The van der Waals surface area contributed by atoms with Crippen molar-refractivity contribution in [1.29, 1.82) is 0 Å². The summed E-state index contributed by atoms with van der Waals surface area (Å²) >= 11 is 1.56. The van der Waals surface area contributed by atoms with Crippen LogP contribution >= 0.6 is 11.8 Å². The Bertz CT molecular complexity index is 649. The van der Waals surface area contributed by atoms with Crippen molar-refractivity contribution < 1.29 is 4.79 Å². The van der Waals surface area contributed by atoms with Gasteiger partial charge >= 0.3 is 6.03 Å². The highest BCUT2D eigenvalue weighted by Crippen LogP contribution is 2.22. The van der Waals surface area contributed by atoms with Crippen molar-refractivity contribution in [2.45, 2.75) is 0 Å². The molecule has 4 nitrogen and oxygen atoms in total. The molecule has 19 heavy (non-hydrogen) atoms. The van der Waals surface area contributed by atoms with Crippen LogP contribution in [0.5, 0.6) is 0 Å². The van der Waals surface area contributed by atoms with Crippen molar-refractivity contribution in [3.8, 4) is 0 Å². The lowest BCUT2D eigenvalue weighted by molar-refractivity contribution is 0.256. The molecule has 0 atom stereocenters. The molecular weight excluding hydrogens is 258 g/mol. The summed E-state index contributed by atoms with van der Waals surface area (Å²) in [5.41, 5.74) is 0.805. The number of fused-ring (bicyclic) bond motifs is 1. The van der Waals surface area contributed by atoms with Gasteiger partial charge in [0.05, 0.1) is 12.2 Å². The molecule has 0 aliphatic carbocycles. The van der Waals surface area contributed by atoms with Gasteiger partial charge in [-0.25, -0.2) is 4.79 Å². The van der Waals surface area contributed by atoms with E-state index < -0.39 is 0 Å². The Balaban J connectivity index is 1.79. The maximum atomic E-state index is 11.9. The number of nitrogens with one attached hydrogen (secondary N) is 2. The standard InChI is InChI=1S/C14H13N3OS/c18-13(17-14-15-8-9-19-14)16-12-7-3-5-10-4-1-2-6-11(10)12/h1-7H,8-9H2,(H2,15,16,17,18). The molecule has 0 spiro atoms. The highest BCUT2D eigenvalue weighted by Gasteiger charge is 2.11. The number of carbonyl (C=O) groups is 1. The fourth-order valence-electron chi connectivity index (χ4n) is 2.00. The molecule has 96 valence electrons. The summed E-state index contributed by atoms with van der Waals surface area (Å²) in [7, 11) is 0. The molecule has 0 aromatic heterocycles. The number of carbonyl (C=O) groups excluding carboxylic acids is 1. The van der Waals surface area contributed by atoms with Crippen molar-refractivity contribution in [2.24, 2.45) is 4.99 Å². The van der Waals surface area contributed by atoms with E-state index in [1.807, 2.05) is 42.5 Å². The van der Waals surface area contributed by atoms with Gasteiger partial charge in [0.25, 0.3) is 0 Å². The Labute approximate surface area is 115 Å². The van der Waals surface area contributed by atoms with Crippen LogP contribution in [0.2, 0.25) is 0 Å². The number of amidine groups is 1. The number of hydrogen-bond donors (Lipinski definition) is 2. The zero-order valence-corrected chi connectivity index (χ0v) is 11.0. The summed E-state index contributed by atoms with van der Waals surface area (Å²) in [6.07, 6.45) is 0. The molecule has 2 N–H and O–H groups in total. The van der Waals surface area contributed by atoms with Crippen LogP contribution in [0.4, 0.5) is 10.5 Å². The van der Waals surface area contributed by atoms with Gasteiger partial charge in [-0.15, -0.1) is 0 Å². The molecule has 2 aromatic carbocycles. The lowest BCUT2D eigenvalue weighted by Gasteiger charge is -2.09. The number of amides is 2. The molecule has 2 amide bonds. The van der Waals surface area contributed by atoms with Gasteiger partial charge in [0.15, 0.2) is 5.17 Å². The van der Waals surface area contributed by atoms with Crippen LogP contribution in [0.15, 0.2) is 47.5 Å². The van der Waals surface area contributed by atoms with Crippen LogP contribution < -0.4 is 10.6 Å². The minimum Gasteiger partial charge on any atom is -0.307 e. The summed E-state index contributed by atoms with van der Waals surface area (Å²) in [5, 5.41) is 8.45. The molecule has 0 unspecified atom stereocenters. The van der Waals surface area contributed by atoms with Crippen LogP contribution in [0, 0.1) is 0 Å². The van der Waals surface area contributed by atoms with Crippen molar-refractivity contribution in [2.75, 3.05) is 17.6 Å². The number of hydrogen-bond acceptors (Lipinski definition) is 3. The largest absolute Gasteiger partial charge is 0.325 e. The van der Waals surface area contributed by atoms with Crippen LogP contribution in [0.1, 0.15) is 0 Å². The summed E-state index contributed by atoms with van der Waals surface area (Å²) in [6.45, 7) is 0.772. The molecule has 1 heterocycles. The molecule has 1 aliphatic heterocycles. The molecule has 5 heteroatoms. The highest BCUT2D eigenvalue weighted by atomic mass is 32.2. The normalized spacial score (nSPS) is 14.2. The maximum Gasteiger partial charge on any atom is 0.325 e. The molecule has 0 bridgehead atoms. The zero-order valence-electron chi connectivity index (χ0n) is 10.2. The molecule has 0 saturated heterocycles. The van der Waals surface area contributed by atoms with Gasteiger partial charge in [-0.3, -0.25) is 10.3 Å². The van der Waals surface area contributed by atoms with Gasteiger partial charge in [0.2, 0.25) is 0 Å². The fraction of sp³-hybridized carbons (Fsp3) is 0.143. The van der Waals surface area contributed by atoms with E-state index in [2.05, 4.69) is 15.6 Å². The van der Waals surface area contributed by atoms with Gasteiger partial charge in [-0.05, 0) is 11.5 Å². The topological polar surface area (TPSA) is 53.5 Å². The second-order valence-corrected chi connectivity index (χ2v) is 5.22. The van der Waals surface area contributed by atoms with Crippen LogP contribution in [0.25, 0.3) is 10.8 Å². The van der Waals surface area contributed by atoms with Gasteiger partial charge < -0.3 is 5.32 Å².